The first-order valence-corrected chi connectivity index (χ1v) is 11.9. The second kappa shape index (κ2) is 15.1. The number of hydrogen-bond acceptors (Lipinski definition) is 8. The summed E-state index contributed by atoms with van der Waals surface area (Å²) in [6.07, 6.45) is 1.80. The van der Waals surface area contributed by atoms with Crippen LogP contribution >= 0.6 is 0 Å². The summed E-state index contributed by atoms with van der Waals surface area (Å²) in [5.74, 6) is -2.20. The first-order valence-electron chi connectivity index (χ1n) is 10.3. The van der Waals surface area contributed by atoms with Gasteiger partial charge in [-0.1, -0.05) is 13.8 Å². The monoisotopic (exact) mass is 467 g/mol. The maximum atomic E-state index is 12.8. The Labute approximate surface area is 183 Å². The third kappa shape index (κ3) is 14.0. The Morgan fingerprint density at radius 2 is 1.58 bits per heavy atom. The van der Waals surface area contributed by atoms with Crippen molar-refractivity contribution in [2.24, 2.45) is 17.4 Å². The van der Waals surface area contributed by atoms with E-state index in [1.165, 1.54) is 0 Å². The van der Waals surface area contributed by atoms with Gasteiger partial charge in [0.15, 0.2) is 0 Å². The molecule has 0 aromatic heterocycles. The molecule has 9 N–H and O–H groups in total. The number of aliphatic hydroxyl groups excluding tert-OH is 1. The predicted octanol–water partition coefficient (Wildman–Crippen LogP) is -2.16. The van der Waals surface area contributed by atoms with Crippen molar-refractivity contribution in [2.45, 2.75) is 64.1 Å². The normalized spacial score (nSPS) is 14.5. The average Bonchev–Trinajstić information content (AvgIpc) is 2.67. The Bertz CT molecular complexity index is 672. The molecule has 0 aliphatic heterocycles. The zero-order chi connectivity index (χ0) is 24.0. The number of rotatable bonds is 16. The highest BCUT2D eigenvalue weighted by Crippen LogP contribution is 2.08. The number of hydrogen-bond donors (Lipinski definition) is 7. The Morgan fingerprint density at radius 1 is 0.968 bits per heavy atom. The third-order valence-corrected chi connectivity index (χ3v) is 5.14. The molecular weight excluding hydrogens is 430 g/mol. The molecule has 31 heavy (non-hydrogen) atoms. The summed E-state index contributed by atoms with van der Waals surface area (Å²) in [5.41, 5.74) is 11.0. The largest absolute Gasteiger partial charge is 0.394 e. The number of carbonyl (C=O) groups is 3. The van der Waals surface area contributed by atoms with Gasteiger partial charge in [0, 0.05) is 6.54 Å². The van der Waals surface area contributed by atoms with Gasteiger partial charge in [-0.25, -0.2) is 0 Å². The number of nitrogens with one attached hydrogen (secondary N) is 3. The maximum Gasteiger partial charge on any atom is 0.264 e. The van der Waals surface area contributed by atoms with E-state index in [4.69, 9.17) is 21.1 Å². The zero-order valence-corrected chi connectivity index (χ0v) is 19.0. The molecule has 0 aromatic rings. The van der Waals surface area contributed by atoms with Crippen LogP contribution in [0.25, 0.3) is 0 Å². The van der Waals surface area contributed by atoms with E-state index in [0.29, 0.717) is 25.8 Å². The molecular formula is C18H37N5O7S. The van der Waals surface area contributed by atoms with Crippen LogP contribution in [0.2, 0.25) is 0 Å². The van der Waals surface area contributed by atoms with Crippen molar-refractivity contribution >= 4 is 27.8 Å². The number of amides is 3. The predicted molar refractivity (Wildman–Crippen MR) is 115 cm³/mol. The van der Waals surface area contributed by atoms with E-state index in [-0.39, 0.29) is 25.3 Å². The fraction of sp³-hybridized carbons (Fsp3) is 0.833. The molecule has 3 atom stereocenters. The molecule has 182 valence electrons. The van der Waals surface area contributed by atoms with Gasteiger partial charge in [0.2, 0.25) is 17.7 Å². The summed E-state index contributed by atoms with van der Waals surface area (Å²) in [5, 5.41) is 16.7. The molecule has 0 aromatic carbocycles. The summed E-state index contributed by atoms with van der Waals surface area (Å²) < 4.78 is 30.3. The van der Waals surface area contributed by atoms with Gasteiger partial charge in [0.25, 0.3) is 10.1 Å². The van der Waals surface area contributed by atoms with Crippen molar-refractivity contribution in [3.05, 3.63) is 0 Å². The Kier molecular flexibility index (Phi) is 14.2. The summed E-state index contributed by atoms with van der Waals surface area (Å²) in [4.78, 5) is 37.3. The fourth-order valence-corrected chi connectivity index (χ4v) is 3.20. The van der Waals surface area contributed by atoms with Gasteiger partial charge in [-0.15, -0.1) is 0 Å². The van der Waals surface area contributed by atoms with Crippen LogP contribution in [0.4, 0.5) is 0 Å². The minimum Gasteiger partial charge on any atom is -0.394 e. The van der Waals surface area contributed by atoms with E-state index >= 15 is 0 Å². The lowest BCUT2D eigenvalue weighted by molar-refractivity contribution is -0.133. The van der Waals surface area contributed by atoms with Crippen LogP contribution < -0.4 is 27.4 Å². The zero-order valence-electron chi connectivity index (χ0n) is 18.2. The second-order valence-corrected chi connectivity index (χ2v) is 9.33. The van der Waals surface area contributed by atoms with Gasteiger partial charge in [-0.3, -0.25) is 18.9 Å². The highest BCUT2D eigenvalue weighted by Gasteiger charge is 2.28. The molecule has 0 heterocycles. The van der Waals surface area contributed by atoms with Crippen LogP contribution in [-0.2, 0) is 24.5 Å². The van der Waals surface area contributed by atoms with Crippen molar-refractivity contribution in [1.29, 1.82) is 0 Å². The van der Waals surface area contributed by atoms with Crippen molar-refractivity contribution in [2.75, 3.05) is 25.4 Å². The van der Waals surface area contributed by atoms with Crippen molar-refractivity contribution in [1.82, 2.24) is 16.0 Å². The van der Waals surface area contributed by atoms with Crippen LogP contribution in [0.15, 0.2) is 0 Å². The number of aliphatic hydroxyl groups is 1. The highest BCUT2D eigenvalue weighted by molar-refractivity contribution is 7.85. The number of carbonyl (C=O) groups excluding carboxylic acids is 3. The minimum absolute atomic E-state index is 0.00507. The van der Waals surface area contributed by atoms with Gasteiger partial charge >= 0.3 is 0 Å². The number of unbranched alkanes of at least 4 members (excludes halogenated alkanes) is 1. The molecule has 0 aliphatic rings. The molecule has 0 radical (unpaired) electrons. The van der Waals surface area contributed by atoms with E-state index in [9.17, 15) is 22.8 Å². The Morgan fingerprint density at radius 3 is 2.10 bits per heavy atom. The van der Waals surface area contributed by atoms with Crippen LogP contribution in [0, 0.1) is 5.92 Å². The fourth-order valence-electron chi connectivity index (χ4n) is 2.69. The molecule has 12 nitrogen and oxygen atoms in total. The quantitative estimate of drug-likeness (QED) is 0.0971. The van der Waals surface area contributed by atoms with Crippen LogP contribution in [0.1, 0.15) is 46.0 Å². The standard InChI is InChI=1S/C18H37N5O7S/c1-12(2)10-15(17(26)21-8-5-9-31(28,29)30)23-18(27)14(6-3-4-7-19)22-16(25)13(20)11-24/h12-15,24H,3-11,19-20H2,1-2H3,(H,21,26)(H,22,25)(H,23,27)(H,28,29,30)/t13-,14-,15-/m0/s1. The van der Waals surface area contributed by atoms with Gasteiger partial charge in [-0.2, -0.15) is 8.42 Å². The molecule has 3 amide bonds. The Balaban J connectivity index is 5.11. The van der Waals surface area contributed by atoms with Crippen LogP contribution in [0.3, 0.4) is 0 Å². The first kappa shape index (κ1) is 29.2. The molecule has 0 aliphatic carbocycles. The summed E-state index contributed by atoms with van der Waals surface area (Å²) in [6, 6.07) is -3.04. The highest BCUT2D eigenvalue weighted by atomic mass is 32.2. The lowest BCUT2D eigenvalue weighted by atomic mass is 10.0. The average molecular weight is 468 g/mol. The Hall–Kier alpha value is -1.80. The van der Waals surface area contributed by atoms with E-state index < -0.39 is 58.3 Å². The maximum absolute atomic E-state index is 12.8. The lowest BCUT2D eigenvalue weighted by Crippen LogP contribution is -2.56. The topological polar surface area (TPSA) is 214 Å². The minimum atomic E-state index is -4.12. The van der Waals surface area contributed by atoms with Crippen molar-refractivity contribution in [3.8, 4) is 0 Å². The SMILES string of the molecule is CC(C)C[C@H](NC(=O)[C@H](CCCCN)NC(=O)[C@@H](N)CO)C(=O)NCCCS(=O)(=O)O. The van der Waals surface area contributed by atoms with E-state index in [1.54, 1.807) is 0 Å². The number of nitrogens with two attached hydrogens (primary N) is 2. The van der Waals surface area contributed by atoms with Crippen LogP contribution in [0.5, 0.6) is 0 Å². The van der Waals surface area contributed by atoms with E-state index in [0.717, 1.165) is 0 Å². The van der Waals surface area contributed by atoms with Crippen molar-refractivity contribution < 1.29 is 32.5 Å². The van der Waals surface area contributed by atoms with Gasteiger partial charge in [0.05, 0.1) is 12.4 Å². The molecule has 0 fully saturated rings. The van der Waals surface area contributed by atoms with Gasteiger partial charge < -0.3 is 32.5 Å². The second-order valence-electron chi connectivity index (χ2n) is 7.76. The molecule has 13 heteroatoms. The molecule has 0 rings (SSSR count). The lowest BCUT2D eigenvalue weighted by Gasteiger charge is -2.25. The van der Waals surface area contributed by atoms with Gasteiger partial charge in [-0.05, 0) is 44.6 Å². The first-order chi connectivity index (χ1) is 14.4. The van der Waals surface area contributed by atoms with E-state index in [1.807, 2.05) is 13.8 Å². The molecule has 0 unspecified atom stereocenters. The molecule has 0 bridgehead atoms. The van der Waals surface area contributed by atoms with E-state index in [2.05, 4.69) is 16.0 Å². The molecule has 0 saturated carbocycles. The summed E-state index contributed by atoms with van der Waals surface area (Å²) in [7, 11) is -4.12. The molecule has 0 spiro atoms. The van der Waals surface area contributed by atoms with Crippen LogP contribution in [-0.4, -0.2) is 79.4 Å². The van der Waals surface area contributed by atoms with Crippen molar-refractivity contribution in [3.63, 3.8) is 0 Å². The molecule has 0 saturated heterocycles. The summed E-state index contributed by atoms with van der Waals surface area (Å²) >= 11 is 0. The third-order valence-electron chi connectivity index (χ3n) is 4.33. The summed E-state index contributed by atoms with van der Waals surface area (Å²) in [6.45, 7) is 3.58. The smallest absolute Gasteiger partial charge is 0.264 e. The van der Waals surface area contributed by atoms with Gasteiger partial charge in [0.1, 0.15) is 18.1 Å².